The summed E-state index contributed by atoms with van der Waals surface area (Å²) in [5.41, 5.74) is 1.37. The van der Waals surface area contributed by atoms with Crippen LogP contribution in [0.25, 0.3) is 10.8 Å². The van der Waals surface area contributed by atoms with Crippen molar-refractivity contribution in [3.63, 3.8) is 0 Å². The second-order valence-corrected chi connectivity index (χ2v) is 6.83. The van der Waals surface area contributed by atoms with E-state index in [0.29, 0.717) is 0 Å². The van der Waals surface area contributed by atoms with Gasteiger partial charge in [0.05, 0.1) is 0 Å². The summed E-state index contributed by atoms with van der Waals surface area (Å²) in [5, 5.41) is 2.93. The van der Waals surface area contributed by atoms with Gasteiger partial charge < -0.3 is 0 Å². The van der Waals surface area contributed by atoms with Crippen LogP contribution < -0.4 is 0 Å². The molecule has 2 aromatic carbocycles. The number of alkyl halides is 1. The van der Waals surface area contributed by atoms with Gasteiger partial charge in [0.15, 0.2) is 0 Å². The second kappa shape index (κ2) is 6.63. The first-order chi connectivity index (χ1) is 9.81. The highest BCUT2D eigenvalue weighted by atomic mass is 35.5. The first kappa shape index (κ1) is 13.9. The van der Waals surface area contributed by atoms with Crippen LogP contribution in [0.15, 0.2) is 42.5 Å². The van der Waals surface area contributed by atoms with Crippen LogP contribution in [-0.2, 0) is 6.42 Å². The van der Waals surface area contributed by atoms with Gasteiger partial charge in [0.1, 0.15) is 0 Å². The number of fused-ring (bicyclic) bond motifs is 1. The third-order valence-corrected chi connectivity index (χ3v) is 5.01. The minimum Gasteiger partial charge on any atom is -0.123 e. The molecule has 1 aliphatic carbocycles. The van der Waals surface area contributed by atoms with E-state index in [-0.39, 0.29) is 5.38 Å². The zero-order valence-electron chi connectivity index (χ0n) is 12.0. The topological polar surface area (TPSA) is 0 Å². The summed E-state index contributed by atoms with van der Waals surface area (Å²) in [6, 6.07) is 15.3. The molecule has 1 fully saturated rings. The maximum absolute atomic E-state index is 6.54. The van der Waals surface area contributed by atoms with Crippen molar-refractivity contribution in [1.29, 1.82) is 0 Å². The molecule has 1 saturated carbocycles. The second-order valence-electron chi connectivity index (χ2n) is 6.21. The van der Waals surface area contributed by atoms with Crippen molar-refractivity contribution in [2.75, 3.05) is 0 Å². The summed E-state index contributed by atoms with van der Waals surface area (Å²) in [7, 11) is 0. The average molecular weight is 287 g/mol. The lowest BCUT2D eigenvalue weighted by Gasteiger charge is -2.13. The summed E-state index contributed by atoms with van der Waals surface area (Å²) in [4.78, 5) is 0. The number of halogens is 1. The highest BCUT2D eigenvalue weighted by Gasteiger charge is 2.16. The Morgan fingerprint density at radius 1 is 1.00 bits per heavy atom. The van der Waals surface area contributed by atoms with Crippen LogP contribution in [0.5, 0.6) is 0 Å². The molecule has 0 heterocycles. The molecule has 0 saturated heterocycles. The van der Waals surface area contributed by atoms with Crippen molar-refractivity contribution in [1.82, 2.24) is 0 Å². The van der Waals surface area contributed by atoms with E-state index in [9.17, 15) is 0 Å². The van der Waals surface area contributed by atoms with Crippen LogP contribution in [0.4, 0.5) is 0 Å². The van der Waals surface area contributed by atoms with Crippen LogP contribution in [-0.4, -0.2) is 5.38 Å². The smallest absolute Gasteiger partial charge is 0.0376 e. The van der Waals surface area contributed by atoms with Gasteiger partial charge in [-0.1, -0.05) is 68.1 Å². The van der Waals surface area contributed by atoms with E-state index in [1.807, 2.05) is 0 Å². The van der Waals surface area contributed by atoms with Crippen molar-refractivity contribution in [2.24, 2.45) is 5.92 Å². The first-order valence-corrected chi connectivity index (χ1v) is 8.36. The molecule has 1 unspecified atom stereocenters. The molecule has 0 N–H and O–H groups in total. The van der Waals surface area contributed by atoms with E-state index in [1.165, 1.54) is 54.9 Å². The predicted molar refractivity (Wildman–Crippen MR) is 88.5 cm³/mol. The maximum Gasteiger partial charge on any atom is 0.0376 e. The Morgan fingerprint density at radius 3 is 2.55 bits per heavy atom. The van der Waals surface area contributed by atoms with Gasteiger partial charge in [0.2, 0.25) is 0 Å². The Morgan fingerprint density at radius 2 is 1.75 bits per heavy atom. The number of rotatable bonds is 5. The summed E-state index contributed by atoms with van der Waals surface area (Å²) >= 11 is 6.54. The van der Waals surface area contributed by atoms with Crippen LogP contribution in [0.2, 0.25) is 0 Å². The van der Waals surface area contributed by atoms with Gasteiger partial charge in [-0.05, 0) is 41.5 Å². The zero-order chi connectivity index (χ0) is 13.8. The molecule has 106 valence electrons. The molecule has 0 amide bonds. The molecule has 0 bridgehead atoms. The average Bonchev–Trinajstić information content (AvgIpc) is 2.98. The van der Waals surface area contributed by atoms with Crippen LogP contribution in [0, 0.1) is 5.92 Å². The van der Waals surface area contributed by atoms with Gasteiger partial charge in [-0.2, -0.15) is 0 Å². The Kier molecular flexibility index (Phi) is 4.62. The molecule has 0 nitrogen and oxygen atoms in total. The van der Waals surface area contributed by atoms with Gasteiger partial charge in [-0.25, -0.2) is 0 Å². The number of hydrogen-bond donors (Lipinski definition) is 0. The summed E-state index contributed by atoms with van der Waals surface area (Å²) < 4.78 is 0. The first-order valence-electron chi connectivity index (χ1n) is 7.93. The third-order valence-electron chi connectivity index (χ3n) is 4.63. The summed E-state index contributed by atoms with van der Waals surface area (Å²) in [6.45, 7) is 0. The quantitative estimate of drug-likeness (QED) is 0.595. The molecule has 3 rings (SSSR count). The van der Waals surface area contributed by atoms with Crippen molar-refractivity contribution in [3.8, 4) is 0 Å². The fraction of sp³-hybridized carbons (Fsp3) is 0.474. The van der Waals surface area contributed by atoms with E-state index < -0.39 is 0 Å². The van der Waals surface area contributed by atoms with Gasteiger partial charge in [0, 0.05) is 5.38 Å². The molecule has 1 heteroatoms. The molecular formula is C19H23Cl. The SMILES string of the molecule is ClC(CCC1CCCC1)Cc1ccc2ccccc2c1. The molecule has 20 heavy (non-hydrogen) atoms. The molecule has 0 spiro atoms. The molecule has 0 aromatic heterocycles. The van der Waals surface area contributed by atoms with Crippen molar-refractivity contribution in [3.05, 3.63) is 48.0 Å². The lowest BCUT2D eigenvalue weighted by molar-refractivity contribution is 0.476. The normalized spacial score (nSPS) is 17.6. The van der Waals surface area contributed by atoms with Gasteiger partial charge >= 0.3 is 0 Å². The standard InChI is InChI=1S/C19H23Cl/c20-19(12-10-15-5-1-2-6-15)14-16-9-11-17-7-3-4-8-18(17)13-16/h3-4,7-9,11,13,15,19H,1-2,5-6,10,12,14H2. The Bertz CT molecular complexity index is 554. The van der Waals surface area contributed by atoms with Crippen molar-refractivity contribution < 1.29 is 0 Å². The van der Waals surface area contributed by atoms with E-state index in [2.05, 4.69) is 42.5 Å². The van der Waals surface area contributed by atoms with E-state index in [0.717, 1.165) is 12.3 Å². The summed E-state index contributed by atoms with van der Waals surface area (Å²) in [6.07, 6.45) is 9.21. The van der Waals surface area contributed by atoms with Gasteiger partial charge in [-0.3, -0.25) is 0 Å². The minimum atomic E-state index is 0.289. The van der Waals surface area contributed by atoms with Crippen LogP contribution >= 0.6 is 11.6 Å². The Labute approximate surface area is 127 Å². The maximum atomic E-state index is 6.54. The monoisotopic (exact) mass is 286 g/mol. The lowest BCUT2D eigenvalue weighted by atomic mass is 9.97. The fourth-order valence-electron chi connectivity index (χ4n) is 3.44. The number of benzene rings is 2. The van der Waals surface area contributed by atoms with Crippen LogP contribution in [0.3, 0.4) is 0 Å². The highest BCUT2D eigenvalue weighted by Crippen LogP contribution is 2.30. The van der Waals surface area contributed by atoms with E-state index in [1.54, 1.807) is 0 Å². The molecule has 1 aliphatic rings. The number of hydrogen-bond acceptors (Lipinski definition) is 0. The van der Waals surface area contributed by atoms with Crippen LogP contribution in [0.1, 0.15) is 44.1 Å². The largest absolute Gasteiger partial charge is 0.123 e. The minimum absolute atomic E-state index is 0.289. The molecule has 0 aliphatic heterocycles. The molecule has 2 aromatic rings. The Hall–Kier alpha value is -1.01. The van der Waals surface area contributed by atoms with Crippen molar-refractivity contribution in [2.45, 2.75) is 50.3 Å². The molecular weight excluding hydrogens is 264 g/mol. The van der Waals surface area contributed by atoms with E-state index in [4.69, 9.17) is 11.6 Å². The van der Waals surface area contributed by atoms with Gasteiger partial charge in [0.25, 0.3) is 0 Å². The summed E-state index contributed by atoms with van der Waals surface area (Å²) in [5.74, 6) is 0.952. The van der Waals surface area contributed by atoms with Gasteiger partial charge in [-0.15, -0.1) is 11.6 Å². The lowest BCUT2D eigenvalue weighted by Crippen LogP contribution is -2.06. The molecule has 1 atom stereocenters. The fourth-order valence-corrected chi connectivity index (χ4v) is 3.74. The van der Waals surface area contributed by atoms with Crippen molar-refractivity contribution >= 4 is 22.4 Å². The third kappa shape index (κ3) is 3.55. The zero-order valence-corrected chi connectivity index (χ0v) is 12.8. The molecule has 0 radical (unpaired) electrons. The Balaban J connectivity index is 1.57. The predicted octanol–water partition coefficient (Wildman–Crippen LogP) is 5.96. The van der Waals surface area contributed by atoms with E-state index >= 15 is 0 Å². The highest BCUT2D eigenvalue weighted by molar-refractivity contribution is 6.20.